The number of hydrogen-bond donors (Lipinski definition) is 1. The molecule has 0 atom stereocenters. The molecule has 0 fully saturated rings. The minimum absolute atomic E-state index is 0.194. The van der Waals surface area contributed by atoms with Crippen LogP contribution in [-0.2, 0) is 13.0 Å². The standard InChI is InChI=1S/C14H15NOS/c15-9-11-1-4-13(5-2-11)14(16)6-3-12-7-8-17-10-12/h1-2,4-5,7-8,10H,3,6,9,15H2. The van der Waals surface area contributed by atoms with Gasteiger partial charge in [0.05, 0.1) is 0 Å². The zero-order valence-electron chi connectivity index (χ0n) is 9.56. The van der Waals surface area contributed by atoms with Gasteiger partial charge in [-0.1, -0.05) is 24.3 Å². The fourth-order valence-electron chi connectivity index (χ4n) is 1.66. The van der Waals surface area contributed by atoms with Crippen molar-refractivity contribution in [3.8, 4) is 0 Å². The summed E-state index contributed by atoms with van der Waals surface area (Å²) in [5, 5.41) is 4.13. The highest BCUT2D eigenvalue weighted by molar-refractivity contribution is 7.07. The third-order valence-corrected chi connectivity index (χ3v) is 3.46. The molecule has 1 aromatic heterocycles. The lowest BCUT2D eigenvalue weighted by molar-refractivity contribution is 0.0983. The van der Waals surface area contributed by atoms with Crippen molar-refractivity contribution in [3.05, 3.63) is 57.8 Å². The SMILES string of the molecule is NCc1ccc(C(=O)CCc2ccsc2)cc1. The van der Waals surface area contributed by atoms with Crippen molar-refractivity contribution in [2.75, 3.05) is 0 Å². The van der Waals surface area contributed by atoms with Crippen LogP contribution in [0.2, 0.25) is 0 Å². The van der Waals surface area contributed by atoms with E-state index in [1.54, 1.807) is 11.3 Å². The molecule has 3 heteroatoms. The minimum atomic E-state index is 0.194. The van der Waals surface area contributed by atoms with Crippen molar-refractivity contribution in [2.24, 2.45) is 5.73 Å². The summed E-state index contributed by atoms with van der Waals surface area (Å²) < 4.78 is 0. The van der Waals surface area contributed by atoms with Crippen LogP contribution in [0.3, 0.4) is 0 Å². The normalized spacial score (nSPS) is 10.4. The van der Waals surface area contributed by atoms with Crippen molar-refractivity contribution in [2.45, 2.75) is 19.4 Å². The monoisotopic (exact) mass is 245 g/mol. The summed E-state index contributed by atoms with van der Waals surface area (Å²) in [7, 11) is 0. The summed E-state index contributed by atoms with van der Waals surface area (Å²) in [6.07, 6.45) is 1.39. The smallest absolute Gasteiger partial charge is 0.163 e. The van der Waals surface area contributed by atoms with Crippen molar-refractivity contribution in [3.63, 3.8) is 0 Å². The first-order valence-electron chi connectivity index (χ1n) is 5.63. The number of carbonyl (C=O) groups is 1. The number of benzene rings is 1. The third-order valence-electron chi connectivity index (χ3n) is 2.73. The fourth-order valence-corrected chi connectivity index (χ4v) is 2.37. The second-order valence-electron chi connectivity index (χ2n) is 3.96. The summed E-state index contributed by atoms with van der Waals surface area (Å²) in [5.41, 5.74) is 8.58. The van der Waals surface area contributed by atoms with Gasteiger partial charge in [0.2, 0.25) is 0 Å². The van der Waals surface area contributed by atoms with E-state index in [0.717, 1.165) is 17.5 Å². The highest BCUT2D eigenvalue weighted by atomic mass is 32.1. The van der Waals surface area contributed by atoms with Gasteiger partial charge in [0.1, 0.15) is 0 Å². The van der Waals surface area contributed by atoms with E-state index < -0.39 is 0 Å². The second kappa shape index (κ2) is 5.75. The second-order valence-corrected chi connectivity index (χ2v) is 4.74. The average molecular weight is 245 g/mol. The molecule has 0 aliphatic carbocycles. The molecule has 17 heavy (non-hydrogen) atoms. The van der Waals surface area contributed by atoms with Crippen LogP contribution in [0.1, 0.15) is 27.9 Å². The molecule has 2 aromatic rings. The Kier molecular flexibility index (Phi) is 4.07. The molecule has 0 aliphatic rings. The lowest BCUT2D eigenvalue weighted by Gasteiger charge is -2.01. The predicted octanol–water partition coefficient (Wildman–Crippen LogP) is 3.02. The van der Waals surface area contributed by atoms with Crippen molar-refractivity contribution < 1.29 is 4.79 Å². The Labute approximate surface area is 105 Å². The lowest BCUT2D eigenvalue weighted by atomic mass is 10.0. The van der Waals surface area contributed by atoms with E-state index in [-0.39, 0.29) is 5.78 Å². The van der Waals surface area contributed by atoms with Crippen LogP contribution in [0.15, 0.2) is 41.1 Å². The molecule has 1 aromatic carbocycles. The van der Waals surface area contributed by atoms with Crippen molar-refractivity contribution in [1.29, 1.82) is 0 Å². The zero-order valence-corrected chi connectivity index (χ0v) is 10.4. The molecule has 0 saturated heterocycles. The number of carbonyl (C=O) groups excluding carboxylic acids is 1. The first kappa shape index (κ1) is 12.0. The molecule has 2 nitrogen and oxygen atoms in total. The van der Waals surface area contributed by atoms with Gasteiger partial charge in [0, 0.05) is 18.5 Å². The van der Waals surface area contributed by atoms with Crippen LogP contribution >= 0.6 is 11.3 Å². The number of Topliss-reactive ketones (excluding diaryl/α,β-unsaturated/α-hetero) is 1. The van der Waals surface area contributed by atoms with Crippen LogP contribution in [0.5, 0.6) is 0 Å². The molecule has 0 saturated carbocycles. The Morgan fingerprint density at radius 3 is 2.47 bits per heavy atom. The highest BCUT2D eigenvalue weighted by Gasteiger charge is 2.06. The largest absolute Gasteiger partial charge is 0.326 e. The van der Waals surface area contributed by atoms with Crippen molar-refractivity contribution >= 4 is 17.1 Å². The Morgan fingerprint density at radius 1 is 1.12 bits per heavy atom. The maximum atomic E-state index is 11.9. The van der Waals surface area contributed by atoms with Gasteiger partial charge < -0.3 is 5.73 Å². The first-order chi connectivity index (χ1) is 8.29. The molecule has 2 N–H and O–H groups in total. The molecule has 0 spiro atoms. The lowest BCUT2D eigenvalue weighted by Crippen LogP contribution is -2.02. The van der Waals surface area contributed by atoms with Gasteiger partial charge in [0.15, 0.2) is 5.78 Å². The topological polar surface area (TPSA) is 43.1 Å². The summed E-state index contributed by atoms with van der Waals surface area (Å²) in [6.45, 7) is 0.517. The van der Waals surface area contributed by atoms with Crippen LogP contribution in [-0.4, -0.2) is 5.78 Å². The molecule has 1 heterocycles. The van der Waals surface area contributed by atoms with E-state index in [9.17, 15) is 4.79 Å². The number of nitrogens with two attached hydrogens (primary N) is 1. The number of rotatable bonds is 5. The maximum Gasteiger partial charge on any atom is 0.163 e. The fraction of sp³-hybridized carbons (Fsp3) is 0.214. The van der Waals surface area contributed by atoms with E-state index in [1.165, 1.54) is 5.56 Å². The van der Waals surface area contributed by atoms with Crippen LogP contribution in [0.25, 0.3) is 0 Å². The number of hydrogen-bond acceptors (Lipinski definition) is 3. The van der Waals surface area contributed by atoms with Crippen LogP contribution in [0, 0.1) is 0 Å². The molecular weight excluding hydrogens is 230 g/mol. The van der Waals surface area contributed by atoms with Crippen molar-refractivity contribution in [1.82, 2.24) is 0 Å². The van der Waals surface area contributed by atoms with E-state index in [1.807, 2.05) is 29.6 Å². The van der Waals surface area contributed by atoms with E-state index in [2.05, 4.69) is 11.4 Å². The molecule has 88 valence electrons. The summed E-state index contributed by atoms with van der Waals surface area (Å²) >= 11 is 1.67. The molecule has 2 rings (SSSR count). The van der Waals surface area contributed by atoms with Gasteiger partial charge in [-0.25, -0.2) is 0 Å². The summed E-state index contributed by atoms with van der Waals surface area (Å²) in [6, 6.07) is 9.61. The van der Waals surface area contributed by atoms with E-state index in [4.69, 9.17) is 5.73 Å². The zero-order chi connectivity index (χ0) is 12.1. The first-order valence-corrected chi connectivity index (χ1v) is 6.57. The minimum Gasteiger partial charge on any atom is -0.326 e. The van der Waals surface area contributed by atoms with Gasteiger partial charge >= 0.3 is 0 Å². The number of ketones is 1. The Hall–Kier alpha value is -1.45. The van der Waals surface area contributed by atoms with Gasteiger partial charge in [-0.05, 0) is 34.4 Å². The molecule has 0 unspecified atom stereocenters. The number of thiophene rings is 1. The molecule has 0 bridgehead atoms. The van der Waals surface area contributed by atoms with Crippen LogP contribution < -0.4 is 5.73 Å². The quantitative estimate of drug-likeness (QED) is 0.823. The number of aryl methyl sites for hydroxylation is 1. The average Bonchev–Trinajstić information content (AvgIpc) is 2.89. The van der Waals surface area contributed by atoms with Crippen LogP contribution in [0.4, 0.5) is 0 Å². The van der Waals surface area contributed by atoms with Gasteiger partial charge in [-0.2, -0.15) is 11.3 Å². The molecule has 0 aliphatic heterocycles. The molecule has 0 radical (unpaired) electrons. The Morgan fingerprint density at radius 2 is 1.88 bits per heavy atom. The maximum absolute atomic E-state index is 11.9. The molecule has 0 amide bonds. The summed E-state index contributed by atoms with van der Waals surface area (Å²) in [4.78, 5) is 11.9. The van der Waals surface area contributed by atoms with E-state index in [0.29, 0.717) is 13.0 Å². The Bertz CT molecular complexity index is 473. The van der Waals surface area contributed by atoms with Gasteiger partial charge in [0.25, 0.3) is 0 Å². The predicted molar refractivity (Wildman–Crippen MR) is 71.3 cm³/mol. The van der Waals surface area contributed by atoms with E-state index >= 15 is 0 Å². The molecular formula is C14H15NOS. The third kappa shape index (κ3) is 3.25. The highest BCUT2D eigenvalue weighted by Crippen LogP contribution is 2.12. The van der Waals surface area contributed by atoms with Gasteiger partial charge in [-0.3, -0.25) is 4.79 Å². The van der Waals surface area contributed by atoms with Gasteiger partial charge in [-0.15, -0.1) is 0 Å². The Balaban J connectivity index is 1.95. The summed E-state index contributed by atoms with van der Waals surface area (Å²) in [5.74, 6) is 0.194.